The van der Waals surface area contributed by atoms with Gasteiger partial charge in [0.15, 0.2) is 0 Å². The Bertz CT molecular complexity index is 1110. The largest absolute Gasteiger partial charge is 0.713 e. The van der Waals surface area contributed by atoms with Crippen LogP contribution in [-0.4, -0.2) is 24.6 Å². The molecule has 0 saturated carbocycles. The molecule has 42 heavy (non-hydrogen) atoms. The van der Waals surface area contributed by atoms with E-state index in [2.05, 4.69) is 135 Å². The predicted octanol–water partition coefficient (Wildman–Crippen LogP) is 10.2. The van der Waals surface area contributed by atoms with E-state index in [9.17, 15) is 5.11 Å². The molecule has 2 rings (SSSR count). The lowest BCUT2D eigenvalue weighted by Crippen LogP contribution is -2.38. The first-order valence-electron chi connectivity index (χ1n) is 16.0. The van der Waals surface area contributed by atoms with Crippen molar-refractivity contribution in [3.05, 3.63) is 57.6 Å². The van der Waals surface area contributed by atoms with Crippen molar-refractivity contribution in [3.8, 4) is 11.5 Å². The lowest BCUT2D eigenvalue weighted by atomic mass is 9.76. The predicted molar refractivity (Wildman–Crippen MR) is 180 cm³/mol. The standard InChI is InChI=1S/C37H61BO4/c1-17-24(3)40-38(41-25(4)18-2)42-33-30(36(11,12)13)22-27(23-31(33)37(14,15)16)19-26-20-28(34(5,6)7)32(39)29(21-26)35(8,9)10/h20-25,39H,17-19H2,1-16H3. The zero-order valence-electron chi connectivity index (χ0n) is 29.8. The second-order valence-electron chi connectivity index (χ2n) is 16.4. The maximum atomic E-state index is 11.3. The average molecular weight is 581 g/mol. The summed E-state index contributed by atoms with van der Waals surface area (Å²) in [5.74, 6) is 1.27. The van der Waals surface area contributed by atoms with Gasteiger partial charge in [0.25, 0.3) is 0 Å². The third-order valence-electron chi connectivity index (χ3n) is 8.01. The first-order valence-corrected chi connectivity index (χ1v) is 16.0. The zero-order valence-corrected chi connectivity index (χ0v) is 29.8. The summed E-state index contributed by atoms with van der Waals surface area (Å²) < 4.78 is 19.3. The monoisotopic (exact) mass is 580 g/mol. The van der Waals surface area contributed by atoms with Gasteiger partial charge in [-0.2, -0.15) is 0 Å². The second kappa shape index (κ2) is 13.3. The highest BCUT2D eigenvalue weighted by molar-refractivity contribution is 6.37. The Labute approximate surface area is 259 Å². The van der Waals surface area contributed by atoms with Gasteiger partial charge in [0.05, 0.1) is 0 Å². The van der Waals surface area contributed by atoms with Gasteiger partial charge in [-0.3, -0.25) is 0 Å². The van der Waals surface area contributed by atoms with Crippen LogP contribution in [0.4, 0.5) is 0 Å². The molecule has 0 aromatic heterocycles. The van der Waals surface area contributed by atoms with E-state index in [0.717, 1.165) is 47.3 Å². The summed E-state index contributed by atoms with van der Waals surface area (Å²) in [4.78, 5) is 0. The van der Waals surface area contributed by atoms with E-state index in [1.54, 1.807) is 0 Å². The molecular formula is C37H61BO4. The summed E-state index contributed by atoms with van der Waals surface area (Å²) in [6, 6.07) is 8.99. The highest BCUT2D eigenvalue weighted by atomic mass is 16.7. The van der Waals surface area contributed by atoms with Crippen LogP contribution in [0.1, 0.15) is 157 Å². The van der Waals surface area contributed by atoms with E-state index >= 15 is 0 Å². The van der Waals surface area contributed by atoms with Gasteiger partial charge in [0.1, 0.15) is 11.5 Å². The molecular weight excluding hydrogens is 519 g/mol. The summed E-state index contributed by atoms with van der Waals surface area (Å²) in [6.45, 7) is 34.8. The van der Waals surface area contributed by atoms with Crippen LogP contribution in [0.3, 0.4) is 0 Å². The third kappa shape index (κ3) is 9.51. The molecule has 2 aromatic carbocycles. The Balaban J connectivity index is 2.78. The minimum Gasteiger partial charge on any atom is -0.511 e. The van der Waals surface area contributed by atoms with Crippen LogP contribution in [0, 0.1) is 0 Å². The Morgan fingerprint density at radius 1 is 0.595 bits per heavy atom. The van der Waals surface area contributed by atoms with Crippen molar-refractivity contribution >= 4 is 7.32 Å². The molecule has 2 atom stereocenters. The van der Waals surface area contributed by atoms with Crippen molar-refractivity contribution in [2.75, 3.05) is 0 Å². The van der Waals surface area contributed by atoms with Gasteiger partial charge in [-0.15, -0.1) is 0 Å². The first kappa shape index (κ1) is 36.2. The summed E-state index contributed by atoms with van der Waals surface area (Å²) in [5.41, 5.74) is 5.99. The van der Waals surface area contributed by atoms with E-state index in [4.69, 9.17) is 14.0 Å². The van der Waals surface area contributed by atoms with Crippen molar-refractivity contribution in [2.24, 2.45) is 0 Å². The smallest absolute Gasteiger partial charge is 0.511 e. The highest BCUT2D eigenvalue weighted by Gasteiger charge is 2.35. The van der Waals surface area contributed by atoms with Crippen molar-refractivity contribution < 1.29 is 19.1 Å². The van der Waals surface area contributed by atoms with Gasteiger partial charge in [-0.25, -0.2) is 0 Å². The maximum Gasteiger partial charge on any atom is 0.713 e. The summed E-state index contributed by atoms with van der Waals surface area (Å²) >= 11 is 0. The van der Waals surface area contributed by atoms with E-state index < -0.39 is 7.32 Å². The van der Waals surface area contributed by atoms with Gasteiger partial charge in [-0.1, -0.05) is 121 Å². The molecule has 1 N–H and O–H groups in total. The summed E-state index contributed by atoms with van der Waals surface area (Å²) in [6.07, 6.45) is 2.53. The molecule has 5 heteroatoms. The number of benzene rings is 2. The van der Waals surface area contributed by atoms with Crippen molar-refractivity contribution in [2.45, 2.75) is 164 Å². The van der Waals surface area contributed by atoms with Crippen LogP contribution < -0.4 is 4.65 Å². The molecule has 236 valence electrons. The number of aromatic hydroxyl groups is 1. The Morgan fingerprint density at radius 3 is 1.19 bits per heavy atom. The van der Waals surface area contributed by atoms with Gasteiger partial charge >= 0.3 is 7.32 Å². The van der Waals surface area contributed by atoms with Gasteiger partial charge in [0.2, 0.25) is 0 Å². The van der Waals surface area contributed by atoms with Crippen LogP contribution >= 0.6 is 0 Å². The SMILES string of the molecule is CCC(C)OB(Oc1c(C(C)(C)C)cc(Cc2cc(C(C)(C)C)c(O)c(C(C)(C)C)c2)cc1C(C)(C)C)OC(C)CC. The molecule has 0 amide bonds. The maximum absolute atomic E-state index is 11.3. The molecule has 0 aliphatic heterocycles. The number of phenolic OH excluding ortho intramolecular Hbond substituents is 1. The van der Waals surface area contributed by atoms with E-state index in [-0.39, 0.29) is 33.9 Å². The molecule has 0 aliphatic carbocycles. The molecule has 2 aromatic rings. The third-order valence-corrected chi connectivity index (χ3v) is 8.01. The molecule has 0 spiro atoms. The van der Waals surface area contributed by atoms with Crippen molar-refractivity contribution in [1.29, 1.82) is 0 Å². The summed E-state index contributed by atoms with van der Waals surface area (Å²) in [5, 5.41) is 11.3. The topological polar surface area (TPSA) is 47.9 Å². The fourth-order valence-corrected chi connectivity index (χ4v) is 4.96. The fourth-order valence-electron chi connectivity index (χ4n) is 4.96. The molecule has 2 unspecified atom stereocenters. The normalized spacial score (nSPS) is 14.6. The molecule has 0 aliphatic rings. The zero-order chi connectivity index (χ0) is 32.4. The number of rotatable bonds is 10. The number of hydrogen-bond acceptors (Lipinski definition) is 4. The molecule has 0 bridgehead atoms. The van der Waals surface area contributed by atoms with E-state index in [1.807, 2.05) is 0 Å². The molecule has 0 heterocycles. The molecule has 0 saturated heterocycles. The van der Waals surface area contributed by atoms with E-state index in [1.165, 1.54) is 11.1 Å². The Kier molecular flexibility index (Phi) is 11.5. The van der Waals surface area contributed by atoms with Crippen LogP contribution in [0.25, 0.3) is 0 Å². The van der Waals surface area contributed by atoms with Gasteiger partial charge in [0, 0.05) is 12.2 Å². The van der Waals surface area contributed by atoms with E-state index in [0.29, 0.717) is 5.75 Å². The minimum absolute atomic E-state index is 0.0121. The quantitative estimate of drug-likeness (QED) is 0.284. The fraction of sp³-hybridized carbons (Fsp3) is 0.676. The van der Waals surface area contributed by atoms with Crippen LogP contribution in [-0.2, 0) is 37.4 Å². The van der Waals surface area contributed by atoms with Crippen molar-refractivity contribution in [3.63, 3.8) is 0 Å². The van der Waals surface area contributed by atoms with Gasteiger partial charge in [-0.05, 0) is 88.2 Å². The highest BCUT2D eigenvalue weighted by Crippen LogP contribution is 2.43. The Hall–Kier alpha value is -1.98. The lowest BCUT2D eigenvalue weighted by molar-refractivity contribution is 0.0685. The summed E-state index contributed by atoms with van der Waals surface area (Å²) in [7, 11) is -0.788. The lowest BCUT2D eigenvalue weighted by Gasteiger charge is -2.33. The minimum atomic E-state index is -0.788. The van der Waals surface area contributed by atoms with Crippen LogP contribution in [0.5, 0.6) is 11.5 Å². The Morgan fingerprint density at radius 2 is 0.905 bits per heavy atom. The van der Waals surface area contributed by atoms with Crippen LogP contribution in [0.15, 0.2) is 24.3 Å². The number of phenols is 1. The van der Waals surface area contributed by atoms with Crippen LogP contribution in [0.2, 0.25) is 0 Å². The van der Waals surface area contributed by atoms with Crippen molar-refractivity contribution in [1.82, 2.24) is 0 Å². The second-order valence-corrected chi connectivity index (χ2v) is 16.4. The molecule has 4 nitrogen and oxygen atoms in total. The average Bonchev–Trinajstić information content (AvgIpc) is 2.82. The molecule has 0 fully saturated rings. The number of hydrogen-bond donors (Lipinski definition) is 1. The molecule has 0 radical (unpaired) electrons. The van der Waals surface area contributed by atoms with Gasteiger partial charge < -0.3 is 19.1 Å². The first-order chi connectivity index (χ1) is 19.0.